The number of hydrogen-bond donors (Lipinski definition) is 1. The molecule has 0 bridgehead atoms. The molecule has 1 nitrogen and oxygen atoms in total. The average Bonchev–Trinajstić information content (AvgIpc) is 1.62. The topological polar surface area (TPSA) is 20.2 Å². The van der Waals surface area contributed by atoms with E-state index in [1.165, 1.54) is 0 Å². The molecule has 1 N–H and O–H groups in total. The summed E-state index contributed by atoms with van der Waals surface area (Å²) in [6.45, 7) is 6.70. The van der Waals surface area contributed by atoms with E-state index < -0.39 is 0 Å². The van der Waals surface area contributed by atoms with Crippen LogP contribution in [0, 0.1) is 5.92 Å². The number of aliphatic hydroxyl groups is 1. The molecule has 0 fully saturated rings. The van der Waals surface area contributed by atoms with Gasteiger partial charge in [-0.25, -0.2) is 0 Å². The molecule has 0 aliphatic rings. The van der Waals surface area contributed by atoms with Crippen molar-refractivity contribution in [3.05, 3.63) is 0 Å². The Bertz CT molecular complexity index is 65.4. The third kappa shape index (κ3) is 2.74. The predicted molar refractivity (Wildman–Crippen MR) is 38.8 cm³/mol. The Balaban J connectivity index is 3.62. The molecule has 0 radical (unpaired) electrons. The zero-order valence-electron chi connectivity index (χ0n) is 5.81. The first kappa shape index (κ1) is 8.52. The SMILES string of the molecule is CC(CO)C(C)(C)[AsH2]. The first-order chi connectivity index (χ1) is 3.48. The van der Waals surface area contributed by atoms with Crippen LogP contribution < -0.4 is 0 Å². The van der Waals surface area contributed by atoms with Gasteiger partial charge in [0.15, 0.2) is 0 Å². The van der Waals surface area contributed by atoms with E-state index in [0.29, 0.717) is 16.7 Å². The maximum absolute atomic E-state index is 8.68. The van der Waals surface area contributed by atoms with Crippen LogP contribution in [-0.2, 0) is 0 Å². The molecule has 8 heavy (non-hydrogen) atoms. The minimum atomic E-state index is 0.311. The van der Waals surface area contributed by atoms with Crippen molar-refractivity contribution in [1.82, 2.24) is 0 Å². The molecule has 0 aromatic heterocycles. The Morgan fingerprint density at radius 3 is 2.00 bits per heavy atom. The molecule has 2 heteroatoms. The van der Waals surface area contributed by atoms with Crippen molar-refractivity contribution in [3.8, 4) is 0 Å². The van der Waals surface area contributed by atoms with Crippen molar-refractivity contribution in [2.75, 3.05) is 6.61 Å². The van der Waals surface area contributed by atoms with E-state index >= 15 is 0 Å². The molecule has 0 saturated carbocycles. The Morgan fingerprint density at radius 2 is 2.00 bits per heavy atom. The van der Waals surface area contributed by atoms with Crippen LogP contribution in [0.3, 0.4) is 0 Å². The average molecular weight is 178 g/mol. The van der Waals surface area contributed by atoms with Crippen molar-refractivity contribution >= 4 is 16.9 Å². The van der Waals surface area contributed by atoms with Gasteiger partial charge in [-0.1, -0.05) is 0 Å². The fourth-order valence-corrected chi connectivity index (χ4v) is 0.456. The third-order valence-corrected chi connectivity index (χ3v) is 2.74. The molecule has 2 unspecified atom stereocenters. The standard InChI is InChI=1S/C6H15AsO/c1-5(4-8)6(2,3)7/h5,8H,4,7H2,1-3H3. The Labute approximate surface area is 60.0 Å². The number of hydrogen-bond acceptors (Lipinski definition) is 1. The van der Waals surface area contributed by atoms with Gasteiger partial charge >= 0.3 is 59.5 Å². The van der Waals surface area contributed by atoms with Crippen LogP contribution in [0.5, 0.6) is 0 Å². The summed E-state index contributed by atoms with van der Waals surface area (Å²) in [7, 11) is 0. The van der Waals surface area contributed by atoms with E-state index in [2.05, 4.69) is 20.8 Å². The molecular weight excluding hydrogens is 163 g/mol. The van der Waals surface area contributed by atoms with E-state index in [-0.39, 0.29) is 0 Å². The monoisotopic (exact) mass is 178 g/mol. The summed E-state index contributed by atoms with van der Waals surface area (Å²) in [6.07, 6.45) is 0. The molecule has 50 valence electrons. The third-order valence-electron chi connectivity index (χ3n) is 1.54. The van der Waals surface area contributed by atoms with Gasteiger partial charge in [0.2, 0.25) is 0 Å². The van der Waals surface area contributed by atoms with Crippen LogP contribution in [0.25, 0.3) is 0 Å². The summed E-state index contributed by atoms with van der Waals surface area (Å²) < 4.78 is 0.321. The van der Waals surface area contributed by atoms with Crippen LogP contribution in [0.1, 0.15) is 20.8 Å². The Kier molecular flexibility index (Phi) is 3.07. The van der Waals surface area contributed by atoms with Crippen molar-refractivity contribution in [1.29, 1.82) is 0 Å². The first-order valence-corrected chi connectivity index (χ1v) is 4.09. The van der Waals surface area contributed by atoms with Gasteiger partial charge in [-0.2, -0.15) is 0 Å². The van der Waals surface area contributed by atoms with Gasteiger partial charge in [0.05, 0.1) is 0 Å². The van der Waals surface area contributed by atoms with Crippen LogP contribution in [0.4, 0.5) is 0 Å². The second-order valence-electron chi connectivity index (χ2n) is 2.90. The van der Waals surface area contributed by atoms with Gasteiger partial charge in [0.25, 0.3) is 0 Å². The zero-order chi connectivity index (χ0) is 6.78. The predicted octanol–water partition coefficient (Wildman–Crippen LogP) is 0.446. The molecule has 0 aromatic carbocycles. The molecule has 2 atom stereocenters. The second-order valence-corrected chi connectivity index (χ2v) is 6.03. The summed E-state index contributed by atoms with van der Waals surface area (Å²) in [4.78, 5) is 0. The van der Waals surface area contributed by atoms with E-state index in [1.54, 1.807) is 16.9 Å². The van der Waals surface area contributed by atoms with Gasteiger partial charge in [-0.15, -0.1) is 0 Å². The molecular formula is C6H15AsO. The van der Waals surface area contributed by atoms with Gasteiger partial charge in [0.1, 0.15) is 0 Å². The van der Waals surface area contributed by atoms with Crippen LogP contribution >= 0.6 is 0 Å². The van der Waals surface area contributed by atoms with Crippen LogP contribution in [0.15, 0.2) is 0 Å². The zero-order valence-corrected chi connectivity index (χ0v) is 8.23. The van der Waals surface area contributed by atoms with Crippen molar-refractivity contribution in [3.63, 3.8) is 0 Å². The van der Waals surface area contributed by atoms with Crippen molar-refractivity contribution in [2.24, 2.45) is 5.92 Å². The fourth-order valence-electron chi connectivity index (χ4n) is 0.235. The molecule has 0 aliphatic carbocycles. The first-order valence-electron chi connectivity index (χ1n) is 2.88. The summed E-state index contributed by atoms with van der Waals surface area (Å²) in [5, 5.41) is 8.68. The van der Waals surface area contributed by atoms with Gasteiger partial charge < -0.3 is 0 Å². The fraction of sp³-hybridized carbons (Fsp3) is 1.00. The number of aliphatic hydroxyl groups excluding tert-OH is 1. The summed E-state index contributed by atoms with van der Waals surface area (Å²) in [5.41, 5.74) is 0. The molecule has 0 heterocycles. The van der Waals surface area contributed by atoms with Crippen molar-refractivity contribution < 1.29 is 5.11 Å². The van der Waals surface area contributed by atoms with E-state index in [1.807, 2.05) is 0 Å². The van der Waals surface area contributed by atoms with E-state index in [9.17, 15) is 0 Å². The van der Waals surface area contributed by atoms with E-state index in [0.717, 1.165) is 0 Å². The molecule has 0 saturated heterocycles. The van der Waals surface area contributed by atoms with Crippen LogP contribution in [0.2, 0.25) is 4.20 Å². The summed E-state index contributed by atoms with van der Waals surface area (Å²) >= 11 is 1.70. The molecule has 0 aliphatic heterocycles. The van der Waals surface area contributed by atoms with Crippen molar-refractivity contribution in [2.45, 2.75) is 25.0 Å². The maximum atomic E-state index is 8.68. The summed E-state index contributed by atoms with van der Waals surface area (Å²) in [5.74, 6) is 0.433. The summed E-state index contributed by atoms with van der Waals surface area (Å²) in [6, 6.07) is 0. The second kappa shape index (κ2) is 2.89. The quantitative estimate of drug-likeness (QED) is 0.608. The van der Waals surface area contributed by atoms with Gasteiger partial charge in [-0.3, -0.25) is 0 Å². The molecule has 0 amide bonds. The molecule has 0 aromatic rings. The Morgan fingerprint density at radius 1 is 1.62 bits per heavy atom. The normalized spacial score (nSPS) is 16.1. The molecule has 0 spiro atoms. The van der Waals surface area contributed by atoms with Gasteiger partial charge in [-0.05, 0) is 0 Å². The minimum absolute atomic E-state index is 0.311. The number of rotatable bonds is 2. The Hall–Kier alpha value is 0.518. The molecule has 0 rings (SSSR count). The van der Waals surface area contributed by atoms with Gasteiger partial charge in [0, 0.05) is 0 Å². The van der Waals surface area contributed by atoms with E-state index in [4.69, 9.17) is 5.11 Å². The van der Waals surface area contributed by atoms with Crippen LogP contribution in [-0.4, -0.2) is 28.6 Å².